The third-order valence-corrected chi connectivity index (χ3v) is 4.07. The van der Waals surface area contributed by atoms with E-state index in [-0.39, 0.29) is 5.91 Å². The zero-order valence-corrected chi connectivity index (χ0v) is 12.7. The maximum atomic E-state index is 12.5. The molecule has 0 radical (unpaired) electrons. The first kappa shape index (κ1) is 15.3. The van der Waals surface area contributed by atoms with Crippen molar-refractivity contribution in [2.75, 3.05) is 0 Å². The lowest BCUT2D eigenvalue weighted by Gasteiger charge is -2.25. The molecule has 0 unspecified atom stereocenters. The van der Waals surface area contributed by atoms with Gasteiger partial charge in [-0.25, -0.2) is 4.98 Å². The molecule has 0 saturated carbocycles. The molecule has 0 fully saturated rings. The second-order valence-corrected chi connectivity index (χ2v) is 5.22. The third-order valence-electron chi connectivity index (χ3n) is 3.77. The van der Waals surface area contributed by atoms with E-state index in [9.17, 15) is 10.1 Å². The van der Waals surface area contributed by atoms with Crippen LogP contribution in [-0.2, 0) is 0 Å². The first-order valence-corrected chi connectivity index (χ1v) is 7.21. The van der Waals surface area contributed by atoms with Gasteiger partial charge in [0, 0.05) is 11.6 Å². The van der Waals surface area contributed by atoms with Crippen LogP contribution in [0.15, 0.2) is 30.5 Å². The highest BCUT2D eigenvalue weighted by Gasteiger charge is 2.28. The molecule has 0 aliphatic carbocycles. The molecule has 1 aromatic carbocycles. The molecule has 0 aliphatic heterocycles. The van der Waals surface area contributed by atoms with Crippen LogP contribution in [0.1, 0.15) is 37.0 Å². The number of fused-ring (bicyclic) bond motifs is 1. The molecule has 2 rings (SSSR count). The lowest BCUT2D eigenvalue weighted by atomic mass is 9.94. The number of hydrogen-bond acceptors (Lipinski definition) is 3. The zero-order chi connectivity index (χ0) is 15.5. The summed E-state index contributed by atoms with van der Waals surface area (Å²) in [6.07, 6.45) is 2.54. The number of rotatable bonds is 4. The number of halogens is 1. The van der Waals surface area contributed by atoms with Crippen LogP contribution in [0.4, 0.5) is 0 Å². The van der Waals surface area contributed by atoms with Crippen LogP contribution in [0.5, 0.6) is 0 Å². The van der Waals surface area contributed by atoms with Crippen LogP contribution in [0.25, 0.3) is 10.8 Å². The van der Waals surface area contributed by atoms with Gasteiger partial charge in [-0.15, -0.1) is 0 Å². The molecule has 1 N–H and O–H groups in total. The second kappa shape index (κ2) is 6.11. The summed E-state index contributed by atoms with van der Waals surface area (Å²) in [5.41, 5.74) is -0.422. The third kappa shape index (κ3) is 2.84. The van der Waals surface area contributed by atoms with Crippen LogP contribution in [0, 0.1) is 11.3 Å². The normalized spacial score (nSPS) is 11.1. The first-order chi connectivity index (χ1) is 10.1. The number of benzene rings is 1. The molecule has 5 heteroatoms. The Labute approximate surface area is 128 Å². The Hall–Kier alpha value is -2.12. The molecule has 0 aliphatic rings. The lowest BCUT2D eigenvalue weighted by Crippen LogP contribution is -2.46. The summed E-state index contributed by atoms with van der Waals surface area (Å²) in [6, 6.07) is 9.52. The van der Waals surface area contributed by atoms with Gasteiger partial charge in [0.2, 0.25) is 0 Å². The molecule has 0 bridgehead atoms. The Morgan fingerprint density at radius 1 is 1.33 bits per heavy atom. The average Bonchev–Trinajstić information content (AvgIpc) is 2.53. The van der Waals surface area contributed by atoms with Crippen molar-refractivity contribution >= 4 is 28.3 Å². The number of pyridine rings is 1. The summed E-state index contributed by atoms with van der Waals surface area (Å²) in [7, 11) is 0. The SMILES string of the molecule is CCC(C#N)(CC)NC(=O)c1cnc(Cl)c2ccccc12. The summed E-state index contributed by atoms with van der Waals surface area (Å²) >= 11 is 6.05. The van der Waals surface area contributed by atoms with E-state index in [4.69, 9.17) is 11.6 Å². The number of nitrogens with one attached hydrogen (secondary N) is 1. The van der Waals surface area contributed by atoms with Crippen LogP contribution in [0.2, 0.25) is 5.15 Å². The van der Waals surface area contributed by atoms with E-state index in [1.54, 1.807) is 0 Å². The van der Waals surface area contributed by atoms with Gasteiger partial charge in [0.15, 0.2) is 0 Å². The standard InChI is InChI=1S/C16H16ClN3O/c1-3-16(4-2,10-18)20-15(21)13-9-19-14(17)12-8-6-5-7-11(12)13/h5-9H,3-4H2,1-2H3,(H,20,21). The highest BCUT2D eigenvalue weighted by Crippen LogP contribution is 2.25. The van der Waals surface area contributed by atoms with Gasteiger partial charge < -0.3 is 5.32 Å². The molecule has 0 spiro atoms. The van der Waals surface area contributed by atoms with Crippen molar-refractivity contribution in [1.82, 2.24) is 10.3 Å². The van der Waals surface area contributed by atoms with Crippen LogP contribution >= 0.6 is 11.6 Å². The predicted octanol–water partition coefficient (Wildman–Crippen LogP) is 3.70. The summed E-state index contributed by atoms with van der Waals surface area (Å²) in [5, 5.41) is 14.0. The van der Waals surface area contributed by atoms with Crippen molar-refractivity contribution in [3.63, 3.8) is 0 Å². The Kier molecular flexibility index (Phi) is 4.44. The van der Waals surface area contributed by atoms with Gasteiger partial charge in [0.05, 0.1) is 11.6 Å². The highest BCUT2D eigenvalue weighted by atomic mass is 35.5. The van der Waals surface area contributed by atoms with Crippen molar-refractivity contribution in [2.24, 2.45) is 0 Å². The fourth-order valence-electron chi connectivity index (χ4n) is 2.24. The Balaban J connectivity index is 2.46. The van der Waals surface area contributed by atoms with Gasteiger partial charge in [0.1, 0.15) is 10.7 Å². The number of nitrogens with zero attached hydrogens (tertiary/aromatic N) is 2. The molecule has 108 valence electrons. The number of carbonyl (C=O) groups is 1. The van der Waals surface area contributed by atoms with Crippen LogP contribution < -0.4 is 5.32 Å². The smallest absolute Gasteiger partial charge is 0.254 e. The predicted molar refractivity (Wildman–Crippen MR) is 83.1 cm³/mol. The number of nitriles is 1. The van der Waals surface area contributed by atoms with Crippen molar-refractivity contribution in [1.29, 1.82) is 5.26 Å². The fourth-order valence-corrected chi connectivity index (χ4v) is 2.45. The van der Waals surface area contributed by atoms with Gasteiger partial charge in [-0.2, -0.15) is 5.26 Å². The van der Waals surface area contributed by atoms with E-state index in [2.05, 4.69) is 16.4 Å². The molecule has 0 atom stereocenters. The quantitative estimate of drug-likeness (QED) is 0.876. The maximum absolute atomic E-state index is 12.5. The summed E-state index contributed by atoms with van der Waals surface area (Å²) in [5.74, 6) is -0.305. The Bertz CT molecular complexity index is 717. The minimum atomic E-state index is -0.849. The van der Waals surface area contributed by atoms with Gasteiger partial charge in [-0.3, -0.25) is 4.79 Å². The Morgan fingerprint density at radius 3 is 2.52 bits per heavy atom. The van der Waals surface area contributed by atoms with Crippen molar-refractivity contribution in [3.05, 3.63) is 41.2 Å². The lowest BCUT2D eigenvalue weighted by molar-refractivity contribution is 0.0917. The largest absolute Gasteiger partial charge is 0.334 e. The first-order valence-electron chi connectivity index (χ1n) is 6.84. The molecule has 0 saturated heterocycles. The van der Waals surface area contributed by atoms with Crippen molar-refractivity contribution < 1.29 is 4.79 Å². The minimum Gasteiger partial charge on any atom is -0.334 e. The van der Waals surface area contributed by atoms with Crippen LogP contribution in [-0.4, -0.2) is 16.4 Å². The van der Waals surface area contributed by atoms with E-state index < -0.39 is 5.54 Å². The van der Waals surface area contributed by atoms with E-state index >= 15 is 0 Å². The summed E-state index contributed by atoms with van der Waals surface area (Å²) < 4.78 is 0. The number of carbonyl (C=O) groups excluding carboxylic acids is 1. The molecule has 2 aromatic rings. The van der Waals surface area contributed by atoms with Crippen molar-refractivity contribution in [3.8, 4) is 6.07 Å². The van der Waals surface area contributed by atoms with E-state index in [1.165, 1.54) is 6.20 Å². The Morgan fingerprint density at radius 2 is 1.95 bits per heavy atom. The minimum absolute atomic E-state index is 0.305. The molecule has 21 heavy (non-hydrogen) atoms. The summed E-state index contributed by atoms with van der Waals surface area (Å²) in [6.45, 7) is 3.76. The summed E-state index contributed by atoms with van der Waals surface area (Å²) in [4.78, 5) is 16.6. The molecular formula is C16H16ClN3O. The van der Waals surface area contributed by atoms with Crippen molar-refractivity contribution in [2.45, 2.75) is 32.2 Å². The number of aromatic nitrogens is 1. The fraction of sp³-hybridized carbons (Fsp3) is 0.312. The number of hydrogen-bond donors (Lipinski definition) is 1. The molecule has 4 nitrogen and oxygen atoms in total. The highest BCUT2D eigenvalue weighted by molar-refractivity contribution is 6.34. The van der Waals surface area contributed by atoms with Gasteiger partial charge in [-0.1, -0.05) is 49.7 Å². The zero-order valence-electron chi connectivity index (χ0n) is 12.0. The number of amides is 1. The molecule has 1 aromatic heterocycles. The molecule has 1 heterocycles. The van der Waals surface area contributed by atoms with E-state index in [1.807, 2.05) is 38.1 Å². The topological polar surface area (TPSA) is 65.8 Å². The average molecular weight is 302 g/mol. The van der Waals surface area contributed by atoms with Gasteiger partial charge in [0.25, 0.3) is 5.91 Å². The van der Waals surface area contributed by atoms with E-state index in [0.29, 0.717) is 23.6 Å². The van der Waals surface area contributed by atoms with Gasteiger partial charge in [-0.05, 0) is 18.2 Å². The molecule has 1 amide bonds. The second-order valence-electron chi connectivity index (χ2n) is 4.86. The maximum Gasteiger partial charge on any atom is 0.254 e. The van der Waals surface area contributed by atoms with Crippen LogP contribution in [0.3, 0.4) is 0 Å². The monoisotopic (exact) mass is 301 g/mol. The van der Waals surface area contributed by atoms with E-state index in [0.717, 1.165) is 10.8 Å². The van der Waals surface area contributed by atoms with Gasteiger partial charge >= 0.3 is 0 Å². The molecular weight excluding hydrogens is 286 g/mol.